The van der Waals surface area contributed by atoms with Crippen LogP contribution in [0.25, 0.3) is 0 Å². The van der Waals surface area contributed by atoms with Crippen LogP contribution in [0.15, 0.2) is 18.2 Å². The number of aryl methyl sites for hydroxylation is 2. The molecule has 3 unspecified atom stereocenters. The Kier molecular flexibility index (Phi) is 3.85. The van der Waals surface area contributed by atoms with Crippen molar-refractivity contribution in [3.05, 3.63) is 34.9 Å². The Morgan fingerprint density at radius 2 is 2.06 bits per heavy atom. The highest BCUT2D eigenvalue weighted by Crippen LogP contribution is 2.31. The maximum atomic E-state index is 6.00. The molecule has 2 nitrogen and oxygen atoms in total. The predicted octanol–water partition coefficient (Wildman–Crippen LogP) is 3.13. The highest BCUT2D eigenvalue weighted by molar-refractivity contribution is 5.33. The molecule has 1 aliphatic rings. The third kappa shape index (κ3) is 2.70. The van der Waals surface area contributed by atoms with Gasteiger partial charge in [0.1, 0.15) is 0 Å². The summed E-state index contributed by atoms with van der Waals surface area (Å²) in [6.45, 7) is 6.49. The van der Waals surface area contributed by atoms with E-state index in [-0.39, 0.29) is 0 Å². The van der Waals surface area contributed by atoms with E-state index in [1.165, 1.54) is 23.1 Å². The van der Waals surface area contributed by atoms with Gasteiger partial charge in [0.25, 0.3) is 0 Å². The lowest BCUT2D eigenvalue weighted by atomic mass is 9.94. The minimum atomic E-state index is 0.315. The number of rotatable bonds is 3. The van der Waals surface area contributed by atoms with Crippen LogP contribution in [0, 0.1) is 13.8 Å². The molecule has 94 valence electrons. The zero-order chi connectivity index (χ0) is 12.4. The van der Waals surface area contributed by atoms with Crippen LogP contribution in [0.4, 0.5) is 0 Å². The Hall–Kier alpha value is -0.860. The van der Waals surface area contributed by atoms with Gasteiger partial charge in [-0.2, -0.15) is 0 Å². The first-order chi connectivity index (χ1) is 8.11. The largest absolute Gasteiger partial charge is 0.373 e. The van der Waals surface area contributed by atoms with E-state index in [4.69, 9.17) is 4.74 Å². The molecule has 0 bridgehead atoms. The summed E-state index contributed by atoms with van der Waals surface area (Å²) in [4.78, 5) is 0. The van der Waals surface area contributed by atoms with Crippen molar-refractivity contribution in [2.75, 3.05) is 7.05 Å². The summed E-state index contributed by atoms with van der Waals surface area (Å²) in [5.74, 6) is 0. The summed E-state index contributed by atoms with van der Waals surface area (Å²) in [5.41, 5.74) is 4.04. The number of hydrogen-bond donors (Lipinski definition) is 1. The van der Waals surface area contributed by atoms with Gasteiger partial charge >= 0.3 is 0 Å². The van der Waals surface area contributed by atoms with Crippen molar-refractivity contribution in [3.8, 4) is 0 Å². The van der Waals surface area contributed by atoms with Crippen molar-refractivity contribution in [2.45, 2.75) is 51.9 Å². The number of nitrogens with one attached hydrogen (secondary N) is 1. The summed E-state index contributed by atoms with van der Waals surface area (Å²) in [7, 11) is 2.03. The number of hydrogen-bond acceptors (Lipinski definition) is 2. The van der Waals surface area contributed by atoms with E-state index in [1.807, 2.05) is 7.05 Å². The minimum Gasteiger partial charge on any atom is -0.373 e. The molecule has 0 aliphatic carbocycles. The molecule has 1 aromatic rings. The zero-order valence-corrected chi connectivity index (χ0v) is 11.3. The van der Waals surface area contributed by atoms with Gasteiger partial charge in [-0.15, -0.1) is 0 Å². The van der Waals surface area contributed by atoms with Crippen molar-refractivity contribution < 1.29 is 4.74 Å². The zero-order valence-electron chi connectivity index (χ0n) is 11.3. The van der Waals surface area contributed by atoms with Gasteiger partial charge in [-0.05, 0) is 51.8 Å². The fraction of sp³-hybridized carbons (Fsp3) is 0.600. The van der Waals surface area contributed by atoms with Crippen LogP contribution < -0.4 is 5.32 Å². The van der Waals surface area contributed by atoms with Crippen LogP contribution in [0.1, 0.15) is 42.5 Å². The monoisotopic (exact) mass is 233 g/mol. The van der Waals surface area contributed by atoms with E-state index in [1.54, 1.807) is 0 Å². The van der Waals surface area contributed by atoms with Gasteiger partial charge in [0.15, 0.2) is 0 Å². The van der Waals surface area contributed by atoms with E-state index in [2.05, 4.69) is 44.3 Å². The molecule has 2 rings (SSSR count). The summed E-state index contributed by atoms with van der Waals surface area (Å²) in [5, 5.41) is 3.42. The van der Waals surface area contributed by atoms with Crippen LogP contribution >= 0.6 is 0 Å². The second-order valence-corrected chi connectivity index (χ2v) is 5.19. The lowest BCUT2D eigenvalue weighted by Crippen LogP contribution is -2.30. The average molecular weight is 233 g/mol. The molecule has 3 atom stereocenters. The van der Waals surface area contributed by atoms with Crippen LogP contribution in [0.2, 0.25) is 0 Å². The Morgan fingerprint density at radius 3 is 2.65 bits per heavy atom. The molecule has 17 heavy (non-hydrogen) atoms. The molecule has 2 heteroatoms. The van der Waals surface area contributed by atoms with Gasteiger partial charge in [-0.25, -0.2) is 0 Å². The Morgan fingerprint density at radius 1 is 1.29 bits per heavy atom. The number of ether oxygens (including phenoxy) is 1. The van der Waals surface area contributed by atoms with Crippen molar-refractivity contribution in [1.29, 1.82) is 0 Å². The Labute approximate surface area is 104 Å². The Bertz CT molecular complexity index is 389. The summed E-state index contributed by atoms with van der Waals surface area (Å²) in [6, 6.07) is 6.97. The van der Waals surface area contributed by atoms with Crippen LogP contribution in [0.5, 0.6) is 0 Å². The van der Waals surface area contributed by atoms with E-state index < -0.39 is 0 Å². The average Bonchev–Trinajstić information content (AvgIpc) is 2.71. The van der Waals surface area contributed by atoms with Crippen molar-refractivity contribution in [3.63, 3.8) is 0 Å². The molecule has 1 N–H and O–H groups in total. The molecule has 0 amide bonds. The lowest BCUT2D eigenvalue weighted by Gasteiger charge is -2.25. The first-order valence-corrected chi connectivity index (χ1v) is 6.51. The fourth-order valence-electron chi connectivity index (χ4n) is 2.72. The number of benzene rings is 1. The molecule has 1 fully saturated rings. The molecule has 1 aromatic carbocycles. The normalized spacial score (nSPS) is 26.1. The molecule has 0 spiro atoms. The standard InChI is InChI=1S/C15H23NO/c1-10-5-6-11(2)13(9-10)15(16-4)14-8-7-12(3)17-14/h5-6,9,12,14-16H,7-8H2,1-4H3. The van der Waals surface area contributed by atoms with E-state index in [0.29, 0.717) is 18.2 Å². The molecule has 1 aliphatic heterocycles. The van der Waals surface area contributed by atoms with E-state index in [0.717, 1.165) is 6.42 Å². The summed E-state index contributed by atoms with van der Waals surface area (Å²) >= 11 is 0. The van der Waals surface area contributed by atoms with Crippen molar-refractivity contribution in [1.82, 2.24) is 5.32 Å². The molecule has 1 saturated heterocycles. The quantitative estimate of drug-likeness (QED) is 0.866. The SMILES string of the molecule is CNC(c1cc(C)ccc1C)C1CCC(C)O1. The molecule has 0 saturated carbocycles. The molecule has 1 heterocycles. The molecular weight excluding hydrogens is 210 g/mol. The highest BCUT2D eigenvalue weighted by atomic mass is 16.5. The molecule has 0 aromatic heterocycles. The highest BCUT2D eigenvalue weighted by Gasteiger charge is 2.30. The third-order valence-electron chi connectivity index (χ3n) is 3.72. The van der Waals surface area contributed by atoms with Crippen LogP contribution in [-0.4, -0.2) is 19.3 Å². The van der Waals surface area contributed by atoms with Crippen LogP contribution in [0.3, 0.4) is 0 Å². The van der Waals surface area contributed by atoms with E-state index >= 15 is 0 Å². The first-order valence-electron chi connectivity index (χ1n) is 6.51. The maximum Gasteiger partial charge on any atom is 0.0774 e. The lowest BCUT2D eigenvalue weighted by molar-refractivity contribution is 0.0332. The molecular formula is C15H23NO. The smallest absolute Gasteiger partial charge is 0.0774 e. The van der Waals surface area contributed by atoms with Gasteiger partial charge in [-0.3, -0.25) is 0 Å². The maximum absolute atomic E-state index is 6.00. The van der Waals surface area contributed by atoms with Gasteiger partial charge < -0.3 is 10.1 Å². The fourth-order valence-corrected chi connectivity index (χ4v) is 2.72. The Balaban J connectivity index is 2.25. The van der Waals surface area contributed by atoms with Crippen LogP contribution in [-0.2, 0) is 4.74 Å². The van der Waals surface area contributed by atoms with Gasteiger partial charge in [0.05, 0.1) is 18.2 Å². The van der Waals surface area contributed by atoms with Crippen molar-refractivity contribution >= 4 is 0 Å². The minimum absolute atomic E-state index is 0.315. The summed E-state index contributed by atoms with van der Waals surface area (Å²) in [6.07, 6.45) is 3.05. The van der Waals surface area contributed by atoms with Gasteiger partial charge in [0.2, 0.25) is 0 Å². The summed E-state index contributed by atoms with van der Waals surface area (Å²) < 4.78 is 6.00. The second kappa shape index (κ2) is 5.19. The second-order valence-electron chi connectivity index (χ2n) is 5.19. The van der Waals surface area contributed by atoms with Crippen molar-refractivity contribution in [2.24, 2.45) is 0 Å². The molecule has 0 radical (unpaired) electrons. The topological polar surface area (TPSA) is 21.3 Å². The third-order valence-corrected chi connectivity index (χ3v) is 3.72. The van der Waals surface area contributed by atoms with Gasteiger partial charge in [0, 0.05) is 0 Å². The van der Waals surface area contributed by atoms with E-state index in [9.17, 15) is 0 Å². The first kappa shape index (κ1) is 12.6. The predicted molar refractivity (Wildman–Crippen MR) is 71.3 cm³/mol. The van der Waals surface area contributed by atoms with Gasteiger partial charge in [-0.1, -0.05) is 23.8 Å². The number of likely N-dealkylation sites (N-methyl/N-ethyl adjacent to an activating group) is 1.